The molecule has 2 amide bonds. The Labute approximate surface area is 208 Å². The summed E-state index contributed by atoms with van der Waals surface area (Å²) in [5.41, 5.74) is 4.92. The van der Waals surface area contributed by atoms with Gasteiger partial charge in [0.15, 0.2) is 5.69 Å². The third-order valence-electron chi connectivity index (χ3n) is 7.38. The fraction of sp³-hybridized carbons (Fsp3) is 0.286. The van der Waals surface area contributed by atoms with E-state index in [1.54, 1.807) is 18.2 Å². The molecule has 2 aromatic rings. The molecule has 3 atom stereocenters. The summed E-state index contributed by atoms with van der Waals surface area (Å²) in [4.78, 5) is 34.6. The Hall–Kier alpha value is -3.35. The number of quaternary nitrogens is 1. The monoisotopic (exact) mass is 485 g/mol. The number of hydrogen-bond acceptors (Lipinski definition) is 3. The number of nitrogens with two attached hydrogens (primary N) is 1. The van der Waals surface area contributed by atoms with Gasteiger partial charge in [0.05, 0.1) is 11.6 Å². The molecule has 2 unspecified atom stereocenters. The van der Waals surface area contributed by atoms with Crippen molar-refractivity contribution in [3.63, 3.8) is 0 Å². The standard InChI is InChI=1S/C28H25ClN4O2/c29-21-8-10-22(11-9-21)30-27(34)18-5-3-17(4-6-18)26-31-23-12-7-20(15-25(23)32-26)28(35)33-24-14-16-1-2-19(24)13-16/h3-10,12,15-16,19,22H,1-2,11,13-14H2,(H,30,34)(H,31,32)/p+1/t16?,19-,22?/m0/s1. The number of fused-ring (bicyclic) bond motifs is 3. The maximum atomic E-state index is 12.8. The van der Waals surface area contributed by atoms with E-state index in [1.165, 1.54) is 19.3 Å². The molecule has 0 aromatic heterocycles. The molecule has 6 nitrogen and oxygen atoms in total. The summed E-state index contributed by atoms with van der Waals surface area (Å²) >= 11 is 5.94. The maximum absolute atomic E-state index is 12.8. The molecular formula is C28H26ClN4O2+. The summed E-state index contributed by atoms with van der Waals surface area (Å²) in [6.07, 6.45) is 10.9. The molecule has 3 aliphatic carbocycles. The van der Waals surface area contributed by atoms with Crippen molar-refractivity contribution in [2.75, 3.05) is 0 Å². The van der Waals surface area contributed by atoms with Crippen molar-refractivity contribution in [3.05, 3.63) is 82.4 Å². The molecule has 6 rings (SSSR count). The number of hydrogen-bond donors (Lipinski definition) is 2. The molecule has 1 heterocycles. The molecule has 176 valence electrons. The van der Waals surface area contributed by atoms with E-state index in [4.69, 9.17) is 16.6 Å². The van der Waals surface area contributed by atoms with Gasteiger partial charge in [0.25, 0.3) is 11.8 Å². The van der Waals surface area contributed by atoms with Gasteiger partial charge in [-0.2, -0.15) is 4.99 Å². The lowest BCUT2D eigenvalue weighted by Crippen LogP contribution is -2.80. The van der Waals surface area contributed by atoms with Crippen molar-refractivity contribution < 1.29 is 14.9 Å². The second-order valence-corrected chi connectivity index (χ2v) is 10.2. The van der Waals surface area contributed by atoms with Crippen LogP contribution in [0.4, 0.5) is 11.4 Å². The predicted octanol–water partition coefficient (Wildman–Crippen LogP) is 4.56. The van der Waals surface area contributed by atoms with Crippen molar-refractivity contribution in [3.8, 4) is 0 Å². The third-order valence-corrected chi connectivity index (χ3v) is 7.66. The van der Waals surface area contributed by atoms with Gasteiger partial charge in [0.1, 0.15) is 5.69 Å². The molecule has 2 aromatic carbocycles. The molecule has 35 heavy (non-hydrogen) atoms. The number of nitrogens with one attached hydrogen (secondary N) is 1. The number of nitrogens with zero attached hydrogens (tertiary/aromatic N) is 2. The topological polar surface area (TPSA) is 87.5 Å². The van der Waals surface area contributed by atoms with E-state index in [2.05, 4.69) is 10.3 Å². The van der Waals surface area contributed by atoms with Crippen molar-refractivity contribution in [1.29, 1.82) is 0 Å². The van der Waals surface area contributed by atoms with Gasteiger partial charge in [-0.15, -0.1) is 0 Å². The van der Waals surface area contributed by atoms with Crippen molar-refractivity contribution in [2.45, 2.75) is 38.1 Å². The van der Waals surface area contributed by atoms with Gasteiger partial charge in [-0.1, -0.05) is 23.8 Å². The average Bonchev–Trinajstić information content (AvgIpc) is 3.61. The molecule has 0 saturated heterocycles. The highest BCUT2D eigenvalue weighted by Crippen LogP contribution is 2.42. The van der Waals surface area contributed by atoms with Gasteiger partial charge >= 0.3 is 0 Å². The molecule has 4 aliphatic rings. The van der Waals surface area contributed by atoms with Gasteiger partial charge in [0, 0.05) is 27.9 Å². The summed E-state index contributed by atoms with van der Waals surface area (Å²) in [5, 5.41) is 5.70. The molecule has 0 radical (unpaired) electrons. The van der Waals surface area contributed by atoms with Crippen LogP contribution in [0.1, 0.15) is 58.4 Å². The Balaban J connectivity index is 1.13. The first-order valence-electron chi connectivity index (χ1n) is 12.2. The minimum absolute atomic E-state index is 0.0578. The van der Waals surface area contributed by atoms with Crippen LogP contribution in [-0.4, -0.2) is 29.4 Å². The maximum Gasteiger partial charge on any atom is 0.276 e. The van der Waals surface area contributed by atoms with E-state index in [0.29, 0.717) is 28.5 Å². The summed E-state index contributed by atoms with van der Waals surface area (Å²) < 4.78 is 0. The van der Waals surface area contributed by atoms with Gasteiger partial charge in [-0.3, -0.25) is 14.9 Å². The number of amides is 2. The molecule has 2 fully saturated rings. The van der Waals surface area contributed by atoms with Gasteiger partial charge < -0.3 is 5.32 Å². The minimum atomic E-state index is -0.167. The first-order valence-corrected chi connectivity index (χ1v) is 12.5. The van der Waals surface area contributed by atoms with Crippen LogP contribution < -0.4 is 10.6 Å². The molecule has 2 bridgehead atoms. The smallest absolute Gasteiger partial charge is 0.276 e. The van der Waals surface area contributed by atoms with E-state index >= 15 is 0 Å². The number of halogens is 1. The number of amidine groups is 1. The van der Waals surface area contributed by atoms with Crippen LogP contribution in [-0.2, 0) is 0 Å². The summed E-state index contributed by atoms with van der Waals surface area (Å²) in [5.74, 6) is 1.76. The van der Waals surface area contributed by atoms with Crippen molar-refractivity contribution >= 4 is 46.3 Å². The Morgan fingerprint density at radius 2 is 1.91 bits per heavy atom. The third kappa shape index (κ3) is 4.51. The van der Waals surface area contributed by atoms with Crippen LogP contribution in [0.2, 0.25) is 0 Å². The average molecular weight is 486 g/mol. The number of allylic oxidation sites excluding steroid dienone is 2. The highest BCUT2D eigenvalue weighted by molar-refractivity contribution is 6.31. The van der Waals surface area contributed by atoms with Crippen LogP contribution in [0.5, 0.6) is 0 Å². The van der Waals surface area contributed by atoms with E-state index in [-0.39, 0.29) is 17.9 Å². The Kier molecular flexibility index (Phi) is 5.71. The molecule has 7 heteroatoms. The second kappa shape index (κ2) is 9.02. The zero-order valence-electron chi connectivity index (χ0n) is 19.2. The predicted molar refractivity (Wildman–Crippen MR) is 137 cm³/mol. The quantitative estimate of drug-likeness (QED) is 0.622. The summed E-state index contributed by atoms with van der Waals surface area (Å²) in [6.45, 7) is 0. The van der Waals surface area contributed by atoms with Crippen LogP contribution in [0, 0.1) is 11.8 Å². The first-order chi connectivity index (χ1) is 17.0. The highest BCUT2D eigenvalue weighted by atomic mass is 35.5. The van der Waals surface area contributed by atoms with E-state index in [1.807, 2.05) is 47.8 Å². The van der Waals surface area contributed by atoms with E-state index in [0.717, 1.165) is 40.8 Å². The van der Waals surface area contributed by atoms with E-state index < -0.39 is 0 Å². The van der Waals surface area contributed by atoms with Crippen LogP contribution in [0.25, 0.3) is 0 Å². The fourth-order valence-corrected chi connectivity index (χ4v) is 5.62. The normalized spacial score (nSPS) is 25.4. The minimum Gasteiger partial charge on any atom is -0.346 e. The largest absolute Gasteiger partial charge is 0.346 e. The lowest BCUT2D eigenvalue weighted by atomic mass is 9.98. The molecule has 0 spiro atoms. The van der Waals surface area contributed by atoms with Gasteiger partial charge in [-0.05, 0) is 86.4 Å². The van der Waals surface area contributed by atoms with Crippen LogP contribution >= 0.6 is 11.6 Å². The number of rotatable bonds is 4. The number of carbonyl (C=O) groups is 2. The van der Waals surface area contributed by atoms with Crippen molar-refractivity contribution in [1.82, 2.24) is 5.32 Å². The number of aliphatic imine (C=N–C) groups is 2. The summed E-state index contributed by atoms with van der Waals surface area (Å²) in [7, 11) is 0. The zero-order valence-corrected chi connectivity index (χ0v) is 20.0. The first kappa shape index (κ1) is 22.1. The van der Waals surface area contributed by atoms with Crippen molar-refractivity contribution in [2.24, 2.45) is 21.8 Å². The fourth-order valence-electron chi connectivity index (χ4n) is 5.46. The van der Waals surface area contributed by atoms with E-state index in [9.17, 15) is 9.59 Å². The molecule has 2 saturated carbocycles. The van der Waals surface area contributed by atoms with Crippen LogP contribution in [0.15, 0.2) is 75.7 Å². The second-order valence-electron chi connectivity index (χ2n) is 9.74. The number of benzene rings is 2. The Morgan fingerprint density at radius 3 is 2.63 bits per heavy atom. The van der Waals surface area contributed by atoms with Gasteiger partial charge in [0.2, 0.25) is 5.84 Å². The molecular weight excluding hydrogens is 460 g/mol. The SMILES string of the molecule is O=C(N=C1CC2CC[C@H]1C2)c1ccc2c(c1)N=C(c1ccc(C(=O)NC3C=CC(Cl)=CC3)cc1)[NH2+]2. The number of carbonyl (C=O) groups excluding carboxylic acids is 2. The Bertz CT molecular complexity index is 1340. The van der Waals surface area contributed by atoms with Crippen LogP contribution in [0.3, 0.4) is 0 Å². The highest BCUT2D eigenvalue weighted by Gasteiger charge is 2.37. The van der Waals surface area contributed by atoms with Gasteiger partial charge in [-0.25, -0.2) is 4.99 Å². The lowest BCUT2D eigenvalue weighted by Gasteiger charge is -2.16. The Morgan fingerprint density at radius 1 is 1.09 bits per heavy atom. The lowest BCUT2D eigenvalue weighted by molar-refractivity contribution is -0.437. The molecule has 1 aliphatic heterocycles. The zero-order chi connectivity index (χ0) is 23.9. The summed E-state index contributed by atoms with van der Waals surface area (Å²) in [6, 6.07) is 13.0. The molecule has 3 N–H and O–H groups in total.